The van der Waals surface area contributed by atoms with E-state index in [4.69, 9.17) is 0 Å². The van der Waals surface area contributed by atoms with Crippen LogP contribution < -0.4 is 11.0 Å². The number of hydrogen-bond donors (Lipinski definition) is 2. The smallest absolute Gasteiger partial charge is 0.326 e. The zero-order valence-electron chi connectivity index (χ0n) is 16.2. The standard InChI is InChI=1S/C23H24N4O2/c28-22(24-12-13-26-21-9-5-4-8-20(21)25-23(26)29)27-18-10-11-19(27)15-17(14-18)16-6-2-1-3-7-16/h1-9,14,18-19H,10-13,15H2,(H,24,28)(H,25,29). The molecule has 2 N–H and O–H groups in total. The topological polar surface area (TPSA) is 70.1 Å². The number of nitrogens with one attached hydrogen (secondary N) is 2. The average Bonchev–Trinajstić information content (AvgIpc) is 3.21. The van der Waals surface area contributed by atoms with Crippen LogP contribution in [0.5, 0.6) is 0 Å². The summed E-state index contributed by atoms with van der Waals surface area (Å²) in [4.78, 5) is 29.9. The Labute approximate surface area is 168 Å². The zero-order chi connectivity index (χ0) is 19.8. The predicted octanol–water partition coefficient (Wildman–Crippen LogP) is 3.36. The number of carbonyl (C=O) groups is 1. The molecule has 2 aromatic carbocycles. The summed E-state index contributed by atoms with van der Waals surface area (Å²) >= 11 is 0. The second kappa shape index (κ2) is 7.28. The summed E-state index contributed by atoms with van der Waals surface area (Å²) in [6.07, 6.45) is 5.20. The van der Waals surface area contributed by atoms with Crippen LogP contribution in [0.3, 0.4) is 0 Å². The maximum atomic E-state index is 12.9. The summed E-state index contributed by atoms with van der Waals surface area (Å²) in [7, 11) is 0. The molecule has 2 aliphatic heterocycles. The molecular weight excluding hydrogens is 364 g/mol. The molecule has 148 valence electrons. The number of hydrogen-bond acceptors (Lipinski definition) is 2. The van der Waals surface area contributed by atoms with Crippen molar-refractivity contribution in [3.8, 4) is 0 Å². The number of H-pyrrole nitrogens is 1. The van der Waals surface area contributed by atoms with Crippen molar-refractivity contribution in [2.24, 2.45) is 0 Å². The second-order valence-corrected chi connectivity index (χ2v) is 7.80. The van der Waals surface area contributed by atoms with Gasteiger partial charge in [0, 0.05) is 19.1 Å². The molecule has 3 heterocycles. The highest BCUT2D eigenvalue weighted by Crippen LogP contribution is 2.38. The lowest BCUT2D eigenvalue weighted by Crippen LogP contribution is -2.49. The van der Waals surface area contributed by atoms with Gasteiger partial charge in [0.25, 0.3) is 0 Å². The number of nitrogens with zero attached hydrogens (tertiary/aromatic N) is 2. The minimum atomic E-state index is -0.145. The Bertz CT molecular complexity index is 1130. The number of aromatic nitrogens is 2. The summed E-state index contributed by atoms with van der Waals surface area (Å²) in [6.45, 7) is 0.870. The van der Waals surface area contributed by atoms with E-state index in [0.29, 0.717) is 13.1 Å². The van der Waals surface area contributed by atoms with E-state index < -0.39 is 0 Å². The van der Waals surface area contributed by atoms with Gasteiger partial charge in [0.05, 0.1) is 17.1 Å². The van der Waals surface area contributed by atoms with Crippen LogP contribution in [0.2, 0.25) is 0 Å². The van der Waals surface area contributed by atoms with Crippen molar-refractivity contribution in [3.05, 3.63) is 76.7 Å². The third-order valence-electron chi connectivity index (χ3n) is 6.07. The summed E-state index contributed by atoms with van der Waals surface area (Å²) < 4.78 is 1.67. The SMILES string of the molecule is O=C(NCCn1c(=O)[nH]c2ccccc21)N1C2C=C(c3ccccc3)CC1CC2. The first-order valence-electron chi connectivity index (χ1n) is 10.2. The molecular formula is C23H24N4O2. The second-order valence-electron chi connectivity index (χ2n) is 7.80. The monoisotopic (exact) mass is 388 g/mol. The van der Waals surface area contributed by atoms with Crippen LogP contribution in [0.1, 0.15) is 24.8 Å². The fourth-order valence-electron chi connectivity index (χ4n) is 4.71. The molecule has 2 bridgehead atoms. The van der Waals surface area contributed by atoms with Crippen LogP contribution in [0.15, 0.2) is 65.5 Å². The van der Waals surface area contributed by atoms with Gasteiger partial charge in [0.1, 0.15) is 0 Å². The van der Waals surface area contributed by atoms with Crippen molar-refractivity contribution in [1.29, 1.82) is 0 Å². The van der Waals surface area contributed by atoms with Crippen molar-refractivity contribution in [2.75, 3.05) is 6.54 Å². The first-order valence-corrected chi connectivity index (χ1v) is 10.2. The van der Waals surface area contributed by atoms with Crippen molar-refractivity contribution < 1.29 is 4.79 Å². The van der Waals surface area contributed by atoms with E-state index in [1.807, 2.05) is 35.2 Å². The molecule has 5 rings (SSSR count). The molecule has 2 amide bonds. The lowest BCUT2D eigenvalue weighted by atomic mass is 9.95. The van der Waals surface area contributed by atoms with Crippen molar-refractivity contribution in [3.63, 3.8) is 0 Å². The summed E-state index contributed by atoms with van der Waals surface area (Å²) in [5.41, 5.74) is 4.13. The number of urea groups is 1. The third-order valence-corrected chi connectivity index (χ3v) is 6.07. The molecule has 2 atom stereocenters. The van der Waals surface area contributed by atoms with Gasteiger partial charge in [-0.15, -0.1) is 0 Å². The molecule has 6 heteroatoms. The molecule has 29 heavy (non-hydrogen) atoms. The Balaban J connectivity index is 1.26. The number of para-hydroxylation sites is 2. The van der Waals surface area contributed by atoms with Crippen molar-refractivity contribution in [2.45, 2.75) is 37.9 Å². The van der Waals surface area contributed by atoms with Gasteiger partial charge < -0.3 is 15.2 Å². The highest BCUT2D eigenvalue weighted by atomic mass is 16.2. The van der Waals surface area contributed by atoms with E-state index in [1.165, 1.54) is 11.1 Å². The Morgan fingerprint density at radius 1 is 1.07 bits per heavy atom. The molecule has 0 spiro atoms. The molecule has 0 radical (unpaired) electrons. The van der Waals surface area contributed by atoms with Crippen LogP contribution in [-0.2, 0) is 6.54 Å². The van der Waals surface area contributed by atoms with Gasteiger partial charge in [-0.2, -0.15) is 0 Å². The zero-order valence-corrected chi connectivity index (χ0v) is 16.2. The first kappa shape index (κ1) is 17.8. The fourth-order valence-corrected chi connectivity index (χ4v) is 4.71. The molecule has 0 saturated carbocycles. The normalized spacial score (nSPS) is 20.7. The van der Waals surface area contributed by atoms with Gasteiger partial charge >= 0.3 is 11.7 Å². The summed E-state index contributed by atoms with van der Waals surface area (Å²) in [5.74, 6) is 0. The van der Waals surface area contributed by atoms with E-state index in [0.717, 1.165) is 30.3 Å². The number of carbonyl (C=O) groups excluding carboxylic acids is 1. The predicted molar refractivity (Wildman–Crippen MR) is 114 cm³/mol. The molecule has 3 aromatic rings. The van der Waals surface area contributed by atoms with Crippen LogP contribution in [0.25, 0.3) is 16.6 Å². The highest BCUT2D eigenvalue weighted by Gasteiger charge is 2.39. The Hall–Kier alpha value is -3.28. The van der Waals surface area contributed by atoms with Crippen molar-refractivity contribution >= 4 is 22.6 Å². The van der Waals surface area contributed by atoms with Gasteiger partial charge in [-0.25, -0.2) is 9.59 Å². The molecule has 1 fully saturated rings. The van der Waals surface area contributed by atoms with Crippen LogP contribution >= 0.6 is 0 Å². The fraction of sp³-hybridized carbons (Fsp3) is 0.304. The maximum Gasteiger partial charge on any atom is 0.326 e. The maximum absolute atomic E-state index is 12.9. The summed E-state index contributed by atoms with van der Waals surface area (Å²) in [5, 5.41) is 3.02. The number of imidazole rings is 1. The minimum absolute atomic E-state index is 0.0336. The van der Waals surface area contributed by atoms with E-state index in [2.05, 4.69) is 40.6 Å². The average molecular weight is 388 g/mol. The van der Waals surface area contributed by atoms with Crippen molar-refractivity contribution in [1.82, 2.24) is 19.8 Å². The molecule has 2 aliphatic rings. The number of aromatic amines is 1. The van der Waals surface area contributed by atoms with E-state index in [-0.39, 0.29) is 23.8 Å². The van der Waals surface area contributed by atoms with E-state index in [9.17, 15) is 9.59 Å². The molecule has 1 saturated heterocycles. The number of amides is 2. The van der Waals surface area contributed by atoms with Crippen LogP contribution in [0.4, 0.5) is 4.79 Å². The quantitative estimate of drug-likeness (QED) is 0.720. The third kappa shape index (κ3) is 3.24. The van der Waals surface area contributed by atoms with Gasteiger partial charge in [-0.3, -0.25) is 4.57 Å². The van der Waals surface area contributed by atoms with Gasteiger partial charge in [-0.05, 0) is 42.5 Å². The Morgan fingerprint density at radius 3 is 2.69 bits per heavy atom. The van der Waals surface area contributed by atoms with E-state index >= 15 is 0 Å². The highest BCUT2D eigenvalue weighted by molar-refractivity contribution is 5.79. The first-order chi connectivity index (χ1) is 14.2. The van der Waals surface area contributed by atoms with Crippen LogP contribution in [0, 0.1) is 0 Å². The van der Waals surface area contributed by atoms with Gasteiger partial charge in [0.15, 0.2) is 0 Å². The Kier molecular flexibility index (Phi) is 4.46. The van der Waals surface area contributed by atoms with Crippen LogP contribution in [-0.4, -0.2) is 39.1 Å². The Morgan fingerprint density at radius 2 is 1.86 bits per heavy atom. The summed E-state index contributed by atoms with van der Waals surface area (Å²) in [6, 6.07) is 18.4. The van der Waals surface area contributed by atoms with E-state index in [1.54, 1.807) is 4.57 Å². The lowest BCUT2D eigenvalue weighted by Gasteiger charge is -2.34. The minimum Gasteiger partial charge on any atom is -0.336 e. The number of fused-ring (bicyclic) bond motifs is 3. The van der Waals surface area contributed by atoms with Gasteiger partial charge in [-0.1, -0.05) is 48.5 Å². The molecule has 0 aliphatic carbocycles. The lowest BCUT2D eigenvalue weighted by molar-refractivity contribution is 0.179. The molecule has 2 unspecified atom stereocenters. The van der Waals surface area contributed by atoms with Gasteiger partial charge in [0.2, 0.25) is 0 Å². The molecule has 6 nitrogen and oxygen atoms in total. The molecule has 1 aromatic heterocycles. The largest absolute Gasteiger partial charge is 0.336 e. The number of benzene rings is 2. The number of rotatable bonds is 4.